The average molecular weight is 238 g/mol. The Morgan fingerprint density at radius 3 is 2.38 bits per heavy atom. The number of nitriles is 1. The molecule has 5 heteroatoms. The summed E-state index contributed by atoms with van der Waals surface area (Å²) in [6, 6.07) is 6.16. The summed E-state index contributed by atoms with van der Waals surface area (Å²) in [5.41, 5.74) is 6.12. The quantitative estimate of drug-likeness (QED) is 0.816. The van der Waals surface area contributed by atoms with Gasteiger partial charge in [-0.3, -0.25) is 0 Å². The minimum Gasteiger partial charge on any atom is -0.312 e. The standard InChI is InChI=1S/C8H6Cl2N2.ClH/c9-6-2-1-5(3-7(6)10)8(12)4-11;/h1-3,8H,12H2;1H. The first-order chi connectivity index (χ1) is 5.65. The van der Waals surface area contributed by atoms with Crippen molar-refractivity contribution in [2.75, 3.05) is 0 Å². The van der Waals surface area contributed by atoms with Gasteiger partial charge in [0.15, 0.2) is 0 Å². The van der Waals surface area contributed by atoms with Crippen molar-refractivity contribution >= 4 is 35.6 Å². The van der Waals surface area contributed by atoms with Crippen LogP contribution in [0.25, 0.3) is 0 Å². The molecule has 1 aromatic rings. The Hall–Kier alpha value is -0.460. The van der Waals surface area contributed by atoms with Crippen LogP contribution in [0.5, 0.6) is 0 Å². The van der Waals surface area contributed by atoms with Crippen LogP contribution in [0.3, 0.4) is 0 Å². The van der Waals surface area contributed by atoms with Crippen molar-refractivity contribution < 1.29 is 0 Å². The second-order valence-electron chi connectivity index (χ2n) is 2.28. The smallest absolute Gasteiger partial charge is 0.118 e. The fourth-order valence-electron chi connectivity index (χ4n) is 0.780. The average Bonchev–Trinajstić information content (AvgIpc) is 2.08. The SMILES string of the molecule is Cl.N#CC(N)c1ccc(Cl)c(Cl)c1. The van der Waals surface area contributed by atoms with Gasteiger partial charge in [-0.05, 0) is 17.7 Å². The molecule has 0 saturated heterocycles. The van der Waals surface area contributed by atoms with Crippen molar-refractivity contribution in [3.8, 4) is 6.07 Å². The van der Waals surface area contributed by atoms with Crippen LogP contribution in [-0.2, 0) is 0 Å². The van der Waals surface area contributed by atoms with Crippen molar-refractivity contribution in [1.82, 2.24) is 0 Å². The molecule has 0 saturated carbocycles. The molecule has 0 amide bonds. The first-order valence-corrected chi connectivity index (χ1v) is 4.01. The number of nitrogens with zero attached hydrogens (tertiary/aromatic N) is 1. The zero-order chi connectivity index (χ0) is 9.14. The minimum atomic E-state index is -0.639. The summed E-state index contributed by atoms with van der Waals surface area (Å²) in [6.07, 6.45) is 0. The van der Waals surface area contributed by atoms with E-state index in [1.807, 2.05) is 6.07 Å². The number of nitrogens with two attached hydrogens (primary N) is 1. The van der Waals surface area contributed by atoms with Gasteiger partial charge >= 0.3 is 0 Å². The van der Waals surface area contributed by atoms with E-state index >= 15 is 0 Å². The van der Waals surface area contributed by atoms with Gasteiger partial charge in [0.05, 0.1) is 16.1 Å². The monoisotopic (exact) mass is 236 g/mol. The van der Waals surface area contributed by atoms with E-state index in [0.717, 1.165) is 0 Å². The van der Waals surface area contributed by atoms with Crippen molar-refractivity contribution in [1.29, 1.82) is 5.26 Å². The third-order valence-corrected chi connectivity index (χ3v) is 2.18. The van der Waals surface area contributed by atoms with Crippen molar-refractivity contribution in [2.45, 2.75) is 6.04 Å². The van der Waals surface area contributed by atoms with E-state index in [9.17, 15) is 0 Å². The predicted octanol–water partition coefficient (Wildman–Crippen LogP) is 2.94. The Bertz CT molecular complexity index is 333. The topological polar surface area (TPSA) is 49.8 Å². The summed E-state index contributed by atoms with van der Waals surface area (Å²) in [5, 5.41) is 9.38. The highest BCUT2D eigenvalue weighted by Crippen LogP contribution is 2.24. The van der Waals surface area contributed by atoms with Crippen molar-refractivity contribution in [3.05, 3.63) is 33.8 Å². The lowest BCUT2D eigenvalue weighted by molar-refractivity contribution is 0.926. The molecule has 1 aromatic carbocycles. The zero-order valence-electron chi connectivity index (χ0n) is 6.50. The molecule has 1 atom stereocenters. The lowest BCUT2D eigenvalue weighted by Crippen LogP contribution is -2.06. The van der Waals surface area contributed by atoms with E-state index in [1.165, 1.54) is 0 Å². The van der Waals surface area contributed by atoms with Gasteiger partial charge in [-0.1, -0.05) is 29.3 Å². The van der Waals surface area contributed by atoms with Crippen molar-refractivity contribution in [2.24, 2.45) is 5.73 Å². The van der Waals surface area contributed by atoms with Gasteiger partial charge in [0, 0.05) is 0 Å². The van der Waals surface area contributed by atoms with E-state index in [4.69, 9.17) is 34.2 Å². The molecule has 13 heavy (non-hydrogen) atoms. The van der Waals surface area contributed by atoms with Crippen LogP contribution in [0.2, 0.25) is 10.0 Å². The van der Waals surface area contributed by atoms with Gasteiger partial charge in [-0.2, -0.15) is 5.26 Å². The lowest BCUT2D eigenvalue weighted by atomic mass is 10.1. The molecule has 0 bridgehead atoms. The number of hydrogen-bond acceptors (Lipinski definition) is 2. The Kier molecular flexibility index (Phi) is 5.12. The van der Waals surface area contributed by atoms with Crippen LogP contribution in [-0.4, -0.2) is 0 Å². The highest BCUT2D eigenvalue weighted by atomic mass is 35.5. The molecule has 2 nitrogen and oxygen atoms in total. The van der Waals surface area contributed by atoms with Gasteiger partial charge in [-0.25, -0.2) is 0 Å². The summed E-state index contributed by atoms with van der Waals surface area (Å²) < 4.78 is 0. The summed E-state index contributed by atoms with van der Waals surface area (Å²) >= 11 is 11.4. The fourth-order valence-corrected chi connectivity index (χ4v) is 1.09. The number of benzene rings is 1. The highest BCUT2D eigenvalue weighted by molar-refractivity contribution is 6.42. The van der Waals surface area contributed by atoms with E-state index in [2.05, 4.69) is 0 Å². The number of halogens is 3. The second kappa shape index (κ2) is 5.31. The van der Waals surface area contributed by atoms with E-state index < -0.39 is 6.04 Å². The molecule has 2 N–H and O–H groups in total. The van der Waals surface area contributed by atoms with Crippen LogP contribution >= 0.6 is 35.6 Å². The second-order valence-corrected chi connectivity index (χ2v) is 3.09. The van der Waals surface area contributed by atoms with Gasteiger partial charge in [0.25, 0.3) is 0 Å². The zero-order valence-corrected chi connectivity index (χ0v) is 8.83. The molecular formula is C8H7Cl3N2. The third-order valence-electron chi connectivity index (χ3n) is 1.44. The third kappa shape index (κ3) is 3.06. The molecule has 0 fully saturated rings. The van der Waals surface area contributed by atoms with Crippen LogP contribution in [0.15, 0.2) is 18.2 Å². The maximum atomic E-state index is 8.50. The molecule has 0 heterocycles. The molecule has 0 aliphatic rings. The molecule has 0 aromatic heterocycles. The summed E-state index contributed by atoms with van der Waals surface area (Å²) in [4.78, 5) is 0. The summed E-state index contributed by atoms with van der Waals surface area (Å²) in [7, 11) is 0. The Balaban J connectivity index is 0.00000144. The molecular weight excluding hydrogens is 230 g/mol. The normalized spacial score (nSPS) is 11.2. The van der Waals surface area contributed by atoms with Crippen LogP contribution in [0.4, 0.5) is 0 Å². The molecule has 1 unspecified atom stereocenters. The van der Waals surface area contributed by atoms with Gasteiger partial charge in [0.2, 0.25) is 0 Å². The van der Waals surface area contributed by atoms with Gasteiger partial charge in [-0.15, -0.1) is 12.4 Å². The van der Waals surface area contributed by atoms with E-state index in [1.54, 1.807) is 18.2 Å². The predicted molar refractivity (Wildman–Crippen MR) is 56.3 cm³/mol. The fraction of sp³-hybridized carbons (Fsp3) is 0.125. The summed E-state index contributed by atoms with van der Waals surface area (Å²) in [5.74, 6) is 0. The van der Waals surface area contributed by atoms with Crippen molar-refractivity contribution in [3.63, 3.8) is 0 Å². The minimum absolute atomic E-state index is 0. The maximum absolute atomic E-state index is 8.50. The molecule has 0 aliphatic carbocycles. The first-order valence-electron chi connectivity index (χ1n) is 3.25. The lowest BCUT2D eigenvalue weighted by Gasteiger charge is -2.03. The Morgan fingerprint density at radius 1 is 1.31 bits per heavy atom. The van der Waals surface area contributed by atoms with Gasteiger partial charge < -0.3 is 5.73 Å². The van der Waals surface area contributed by atoms with E-state index in [-0.39, 0.29) is 12.4 Å². The van der Waals surface area contributed by atoms with Crippen LogP contribution in [0.1, 0.15) is 11.6 Å². The Morgan fingerprint density at radius 2 is 1.92 bits per heavy atom. The first kappa shape index (κ1) is 12.5. The molecule has 0 spiro atoms. The maximum Gasteiger partial charge on any atom is 0.118 e. The number of hydrogen-bond donors (Lipinski definition) is 1. The molecule has 70 valence electrons. The summed E-state index contributed by atoms with van der Waals surface area (Å²) in [6.45, 7) is 0. The van der Waals surface area contributed by atoms with Gasteiger partial charge in [0.1, 0.15) is 6.04 Å². The van der Waals surface area contributed by atoms with Crippen LogP contribution < -0.4 is 5.73 Å². The van der Waals surface area contributed by atoms with Crippen LogP contribution in [0, 0.1) is 11.3 Å². The molecule has 0 radical (unpaired) electrons. The number of rotatable bonds is 1. The molecule has 0 aliphatic heterocycles. The molecule has 1 rings (SSSR count). The highest BCUT2D eigenvalue weighted by Gasteiger charge is 2.05. The van der Waals surface area contributed by atoms with E-state index in [0.29, 0.717) is 15.6 Å². The Labute approximate surface area is 92.7 Å². The largest absolute Gasteiger partial charge is 0.312 e.